The van der Waals surface area contributed by atoms with Gasteiger partial charge >= 0.3 is 5.97 Å². The Morgan fingerprint density at radius 3 is 2.44 bits per heavy atom. The quantitative estimate of drug-likeness (QED) is 0.795. The van der Waals surface area contributed by atoms with E-state index in [1.54, 1.807) is 24.3 Å². The van der Waals surface area contributed by atoms with Crippen LogP contribution in [0, 0.1) is 6.92 Å². The van der Waals surface area contributed by atoms with Crippen LogP contribution in [0.1, 0.15) is 15.9 Å². The summed E-state index contributed by atoms with van der Waals surface area (Å²) in [7, 11) is 2.96. The molecular formula is C18H18ClNO5. The molecule has 0 aromatic heterocycles. The molecule has 2 rings (SSSR count). The fraction of sp³-hybridized carbons (Fsp3) is 0.222. The Bertz CT molecular complexity index is 791. The molecule has 6 nitrogen and oxygen atoms in total. The number of hydrogen-bond donors (Lipinski definition) is 1. The molecule has 2 aromatic rings. The number of aryl methyl sites for hydroxylation is 1. The molecule has 132 valence electrons. The zero-order valence-corrected chi connectivity index (χ0v) is 14.8. The van der Waals surface area contributed by atoms with Crippen molar-refractivity contribution in [3.8, 4) is 11.5 Å². The van der Waals surface area contributed by atoms with Crippen LogP contribution in [0.4, 0.5) is 5.69 Å². The van der Waals surface area contributed by atoms with Gasteiger partial charge in [0.2, 0.25) is 0 Å². The molecule has 0 aliphatic rings. The Morgan fingerprint density at radius 2 is 1.76 bits per heavy atom. The molecule has 0 bridgehead atoms. The summed E-state index contributed by atoms with van der Waals surface area (Å²) in [5.41, 5.74) is 1.67. The maximum absolute atomic E-state index is 12.1. The third kappa shape index (κ3) is 4.87. The van der Waals surface area contributed by atoms with E-state index in [2.05, 4.69) is 5.32 Å². The molecular weight excluding hydrogens is 346 g/mol. The van der Waals surface area contributed by atoms with Crippen molar-refractivity contribution in [1.82, 2.24) is 0 Å². The van der Waals surface area contributed by atoms with Gasteiger partial charge in [-0.1, -0.05) is 17.7 Å². The van der Waals surface area contributed by atoms with Crippen molar-refractivity contribution in [3.63, 3.8) is 0 Å². The summed E-state index contributed by atoms with van der Waals surface area (Å²) in [5, 5.41) is 3.16. The van der Waals surface area contributed by atoms with E-state index in [0.717, 1.165) is 5.56 Å². The smallest absolute Gasteiger partial charge is 0.338 e. The number of anilines is 1. The number of rotatable bonds is 6. The molecule has 0 heterocycles. The van der Waals surface area contributed by atoms with Crippen LogP contribution in [0.3, 0.4) is 0 Å². The molecule has 0 saturated carbocycles. The molecule has 0 atom stereocenters. The van der Waals surface area contributed by atoms with Gasteiger partial charge in [0.25, 0.3) is 5.91 Å². The molecule has 7 heteroatoms. The van der Waals surface area contributed by atoms with Crippen LogP contribution in [0.25, 0.3) is 0 Å². The third-order valence-corrected chi connectivity index (χ3v) is 3.66. The van der Waals surface area contributed by atoms with Crippen molar-refractivity contribution >= 4 is 29.2 Å². The van der Waals surface area contributed by atoms with Crippen molar-refractivity contribution in [2.75, 3.05) is 26.1 Å². The van der Waals surface area contributed by atoms with Crippen molar-refractivity contribution in [3.05, 3.63) is 52.5 Å². The monoisotopic (exact) mass is 363 g/mol. The van der Waals surface area contributed by atoms with Crippen molar-refractivity contribution in [2.45, 2.75) is 6.92 Å². The summed E-state index contributed by atoms with van der Waals surface area (Å²) in [6.07, 6.45) is 0. The molecule has 0 radical (unpaired) electrons. The van der Waals surface area contributed by atoms with Gasteiger partial charge in [-0.25, -0.2) is 4.79 Å². The van der Waals surface area contributed by atoms with Crippen molar-refractivity contribution in [2.24, 2.45) is 0 Å². The first kappa shape index (κ1) is 18.6. The summed E-state index contributed by atoms with van der Waals surface area (Å²) in [5.74, 6) is -0.206. The minimum absolute atomic E-state index is 0.254. The van der Waals surface area contributed by atoms with Crippen LogP contribution in [0.15, 0.2) is 36.4 Å². The maximum atomic E-state index is 12.1. The summed E-state index contributed by atoms with van der Waals surface area (Å²) in [6, 6.07) is 9.75. The molecule has 25 heavy (non-hydrogen) atoms. The number of halogens is 1. The Balaban J connectivity index is 1.97. The van der Waals surface area contributed by atoms with Gasteiger partial charge < -0.3 is 19.5 Å². The van der Waals surface area contributed by atoms with E-state index in [4.69, 9.17) is 25.8 Å². The lowest BCUT2D eigenvalue weighted by Gasteiger charge is -2.11. The van der Waals surface area contributed by atoms with Crippen LogP contribution >= 0.6 is 11.6 Å². The van der Waals surface area contributed by atoms with E-state index in [-0.39, 0.29) is 5.56 Å². The SMILES string of the molecule is COc1ccc(C(=O)OCC(=O)Nc2cc(Cl)ccc2C)cc1OC. The van der Waals surface area contributed by atoms with E-state index >= 15 is 0 Å². The average molecular weight is 364 g/mol. The van der Waals surface area contributed by atoms with Gasteiger partial charge in [0.05, 0.1) is 19.8 Å². The number of carbonyl (C=O) groups excluding carboxylic acids is 2. The molecule has 0 spiro atoms. The van der Waals surface area contributed by atoms with Crippen LogP contribution in [0.2, 0.25) is 5.02 Å². The lowest BCUT2D eigenvalue weighted by molar-refractivity contribution is -0.119. The van der Waals surface area contributed by atoms with Crippen LogP contribution < -0.4 is 14.8 Å². The zero-order valence-electron chi connectivity index (χ0n) is 14.1. The van der Waals surface area contributed by atoms with E-state index in [9.17, 15) is 9.59 Å². The van der Waals surface area contributed by atoms with Gasteiger partial charge in [0, 0.05) is 10.7 Å². The number of nitrogens with one attached hydrogen (secondary N) is 1. The van der Waals surface area contributed by atoms with Gasteiger partial charge in [-0.3, -0.25) is 4.79 Å². The molecule has 0 aliphatic carbocycles. The second kappa shape index (κ2) is 8.39. The maximum Gasteiger partial charge on any atom is 0.338 e. The lowest BCUT2D eigenvalue weighted by atomic mass is 10.2. The van der Waals surface area contributed by atoms with Crippen molar-refractivity contribution in [1.29, 1.82) is 0 Å². The van der Waals surface area contributed by atoms with Crippen LogP contribution in [-0.4, -0.2) is 32.7 Å². The third-order valence-electron chi connectivity index (χ3n) is 3.43. The minimum Gasteiger partial charge on any atom is -0.493 e. The van der Waals surface area contributed by atoms with Gasteiger partial charge in [-0.2, -0.15) is 0 Å². The fourth-order valence-electron chi connectivity index (χ4n) is 2.09. The lowest BCUT2D eigenvalue weighted by Crippen LogP contribution is -2.21. The number of hydrogen-bond acceptors (Lipinski definition) is 5. The van der Waals surface area contributed by atoms with E-state index in [1.807, 2.05) is 6.92 Å². The minimum atomic E-state index is -0.640. The van der Waals surface area contributed by atoms with Crippen molar-refractivity contribution < 1.29 is 23.8 Å². The Kier molecular flexibility index (Phi) is 6.25. The Labute approximate surface area is 150 Å². The van der Waals surface area contributed by atoms with Crippen LogP contribution in [0.5, 0.6) is 11.5 Å². The first-order valence-electron chi connectivity index (χ1n) is 7.39. The topological polar surface area (TPSA) is 73.9 Å². The highest BCUT2D eigenvalue weighted by Gasteiger charge is 2.14. The number of ether oxygens (including phenoxy) is 3. The molecule has 2 aromatic carbocycles. The number of methoxy groups -OCH3 is 2. The predicted molar refractivity (Wildman–Crippen MR) is 94.6 cm³/mol. The van der Waals surface area contributed by atoms with E-state index < -0.39 is 18.5 Å². The second-order valence-electron chi connectivity index (χ2n) is 5.15. The largest absolute Gasteiger partial charge is 0.493 e. The normalized spacial score (nSPS) is 10.1. The number of amides is 1. The average Bonchev–Trinajstić information content (AvgIpc) is 2.62. The summed E-state index contributed by atoms with van der Waals surface area (Å²) in [4.78, 5) is 24.0. The predicted octanol–water partition coefficient (Wildman–Crippen LogP) is 3.46. The first-order valence-corrected chi connectivity index (χ1v) is 7.77. The van der Waals surface area contributed by atoms with Gasteiger partial charge in [-0.05, 0) is 42.8 Å². The summed E-state index contributed by atoms with van der Waals surface area (Å²) >= 11 is 5.90. The highest BCUT2D eigenvalue weighted by molar-refractivity contribution is 6.31. The Morgan fingerprint density at radius 1 is 1.04 bits per heavy atom. The van der Waals surface area contributed by atoms with Gasteiger partial charge in [0.15, 0.2) is 18.1 Å². The molecule has 0 aliphatic heterocycles. The summed E-state index contributed by atoms with van der Waals surface area (Å²) < 4.78 is 15.3. The zero-order chi connectivity index (χ0) is 18.4. The fourth-order valence-corrected chi connectivity index (χ4v) is 2.26. The standard InChI is InChI=1S/C18H18ClNO5/c1-11-4-6-13(19)9-14(11)20-17(21)10-25-18(22)12-5-7-15(23-2)16(8-12)24-3/h4-9H,10H2,1-3H3,(H,20,21). The van der Waals surface area contributed by atoms with Gasteiger partial charge in [0.1, 0.15) is 0 Å². The van der Waals surface area contributed by atoms with Gasteiger partial charge in [-0.15, -0.1) is 0 Å². The van der Waals surface area contributed by atoms with E-state index in [0.29, 0.717) is 22.2 Å². The highest BCUT2D eigenvalue weighted by atomic mass is 35.5. The number of esters is 1. The molecule has 0 saturated heterocycles. The second-order valence-corrected chi connectivity index (χ2v) is 5.59. The number of benzene rings is 2. The first-order chi connectivity index (χ1) is 11.9. The highest BCUT2D eigenvalue weighted by Crippen LogP contribution is 2.27. The summed E-state index contributed by atoms with van der Waals surface area (Å²) in [6.45, 7) is 1.42. The Hall–Kier alpha value is -2.73. The van der Waals surface area contributed by atoms with E-state index in [1.165, 1.54) is 26.4 Å². The molecule has 0 fully saturated rings. The van der Waals surface area contributed by atoms with Crippen LogP contribution in [-0.2, 0) is 9.53 Å². The molecule has 1 amide bonds. The molecule has 1 N–H and O–H groups in total. The number of carbonyl (C=O) groups is 2. The molecule has 0 unspecified atom stereocenters.